The zero-order chi connectivity index (χ0) is 19.9. The molecular formula is C25H26N2O2. The summed E-state index contributed by atoms with van der Waals surface area (Å²) in [6, 6.07) is 26.1. The second-order valence-corrected chi connectivity index (χ2v) is 7.32. The fraction of sp³-hybridized carbons (Fsp3) is 0.240. The second kappa shape index (κ2) is 9.28. The topological polar surface area (TPSA) is 41.6 Å². The maximum Gasteiger partial charge on any atom is 0.226 e. The van der Waals surface area contributed by atoms with Crippen molar-refractivity contribution in [2.45, 2.75) is 25.9 Å². The molecule has 0 saturated heterocycles. The van der Waals surface area contributed by atoms with Crippen LogP contribution >= 0.6 is 0 Å². The van der Waals surface area contributed by atoms with Crippen molar-refractivity contribution in [1.29, 1.82) is 0 Å². The lowest BCUT2D eigenvalue weighted by Crippen LogP contribution is -2.32. The van der Waals surface area contributed by atoms with Crippen LogP contribution in [0.5, 0.6) is 5.75 Å². The zero-order valence-corrected chi connectivity index (χ0v) is 16.5. The Labute approximate surface area is 172 Å². The van der Waals surface area contributed by atoms with Gasteiger partial charge in [0.25, 0.3) is 0 Å². The van der Waals surface area contributed by atoms with Crippen LogP contribution < -0.4 is 15.0 Å². The predicted octanol–water partition coefficient (Wildman–Crippen LogP) is 5.05. The number of hydrogen-bond acceptors (Lipinski definition) is 3. The van der Waals surface area contributed by atoms with Crippen molar-refractivity contribution in [3.8, 4) is 5.75 Å². The first-order valence-corrected chi connectivity index (χ1v) is 10.2. The molecule has 0 aliphatic carbocycles. The van der Waals surface area contributed by atoms with Crippen molar-refractivity contribution in [2.75, 3.05) is 23.3 Å². The van der Waals surface area contributed by atoms with Gasteiger partial charge >= 0.3 is 0 Å². The number of aryl methyl sites for hydroxylation is 1. The Balaban J connectivity index is 1.26. The molecule has 0 spiro atoms. The third kappa shape index (κ3) is 5.17. The molecule has 1 amide bonds. The Kier molecular flexibility index (Phi) is 6.10. The van der Waals surface area contributed by atoms with Gasteiger partial charge in [-0.2, -0.15) is 0 Å². The highest BCUT2D eigenvalue weighted by Gasteiger charge is 2.16. The van der Waals surface area contributed by atoms with E-state index < -0.39 is 0 Å². The molecule has 1 aliphatic heterocycles. The average molecular weight is 386 g/mol. The Hall–Kier alpha value is -3.27. The van der Waals surface area contributed by atoms with Gasteiger partial charge in [0.15, 0.2) is 0 Å². The first kappa shape index (κ1) is 19.1. The van der Waals surface area contributed by atoms with Crippen LogP contribution in [0.4, 0.5) is 11.4 Å². The summed E-state index contributed by atoms with van der Waals surface area (Å²) >= 11 is 0. The Morgan fingerprint density at radius 1 is 0.931 bits per heavy atom. The largest absolute Gasteiger partial charge is 0.489 e. The molecule has 29 heavy (non-hydrogen) atoms. The number of nitrogens with one attached hydrogen (secondary N) is 1. The fourth-order valence-corrected chi connectivity index (χ4v) is 3.68. The molecule has 0 fully saturated rings. The molecule has 0 bridgehead atoms. The van der Waals surface area contributed by atoms with Gasteiger partial charge in [0.1, 0.15) is 12.4 Å². The van der Waals surface area contributed by atoms with Gasteiger partial charge in [0.05, 0.1) is 0 Å². The third-order valence-electron chi connectivity index (χ3n) is 5.20. The molecule has 0 atom stereocenters. The van der Waals surface area contributed by atoms with Gasteiger partial charge in [0.2, 0.25) is 5.91 Å². The molecule has 4 rings (SSSR count). The standard InChI is InChI=1S/C25H26N2O2/c28-25(16-18-27-17-6-10-21-9-4-5-11-24(21)27)26-22-12-14-23(15-13-22)29-19-20-7-2-1-3-8-20/h1-5,7-9,11-15H,6,10,16-19H2,(H,26,28). The number of nitrogens with zero attached hydrogens (tertiary/aromatic N) is 1. The number of hydrogen-bond donors (Lipinski definition) is 1. The van der Waals surface area contributed by atoms with Gasteiger partial charge in [-0.3, -0.25) is 4.79 Å². The molecule has 0 unspecified atom stereocenters. The lowest BCUT2D eigenvalue weighted by Gasteiger charge is -2.31. The molecule has 4 heteroatoms. The Morgan fingerprint density at radius 2 is 1.69 bits per heavy atom. The predicted molar refractivity (Wildman–Crippen MR) is 117 cm³/mol. The summed E-state index contributed by atoms with van der Waals surface area (Å²) in [6.07, 6.45) is 2.74. The molecule has 1 N–H and O–H groups in total. The number of carbonyl (C=O) groups excluding carboxylic acids is 1. The normalized spacial score (nSPS) is 12.9. The van der Waals surface area contributed by atoms with Crippen molar-refractivity contribution >= 4 is 17.3 Å². The SMILES string of the molecule is O=C(CCN1CCCc2ccccc21)Nc1ccc(OCc2ccccc2)cc1. The van der Waals surface area contributed by atoms with Crippen LogP contribution in [-0.2, 0) is 17.8 Å². The molecule has 4 nitrogen and oxygen atoms in total. The summed E-state index contributed by atoms with van der Waals surface area (Å²) in [5, 5.41) is 2.99. The van der Waals surface area contributed by atoms with E-state index in [1.54, 1.807) is 0 Å². The molecule has 1 aliphatic rings. The van der Waals surface area contributed by atoms with E-state index in [2.05, 4.69) is 34.5 Å². The van der Waals surface area contributed by atoms with Crippen LogP contribution in [0, 0.1) is 0 Å². The van der Waals surface area contributed by atoms with Crippen LogP contribution in [0.25, 0.3) is 0 Å². The van der Waals surface area contributed by atoms with E-state index in [9.17, 15) is 4.79 Å². The van der Waals surface area contributed by atoms with Crippen LogP contribution in [0.2, 0.25) is 0 Å². The maximum absolute atomic E-state index is 12.4. The quantitative estimate of drug-likeness (QED) is 0.618. The monoisotopic (exact) mass is 386 g/mol. The summed E-state index contributed by atoms with van der Waals surface area (Å²) in [5.74, 6) is 0.822. The Bertz CT molecular complexity index is 939. The highest BCUT2D eigenvalue weighted by Crippen LogP contribution is 2.26. The Morgan fingerprint density at radius 3 is 2.52 bits per heavy atom. The molecular weight excluding hydrogens is 360 g/mol. The number of carbonyl (C=O) groups is 1. The number of anilines is 2. The number of fused-ring (bicyclic) bond motifs is 1. The first-order chi connectivity index (χ1) is 14.3. The van der Waals surface area contributed by atoms with Gasteiger partial charge in [-0.25, -0.2) is 0 Å². The number of rotatable bonds is 7. The van der Waals surface area contributed by atoms with Crippen LogP contribution in [0.1, 0.15) is 24.0 Å². The van der Waals surface area contributed by atoms with Crippen LogP contribution in [-0.4, -0.2) is 19.0 Å². The van der Waals surface area contributed by atoms with Gasteiger partial charge in [-0.05, 0) is 54.3 Å². The summed E-state index contributed by atoms with van der Waals surface area (Å²) in [4.78, 5) is 14.7. The number of para-hydroxylation sites is 1. The molecule has 3 aromatic carbocycles. The van der Waals surface area contributed by atoms with Gasteiger partial charge < -0.3 is 15.0 Å². The highest BCUT2D eigenvalue weighted by atomic mass is 16.5. The molecule has 3 aromatic rings. The van der Waals surface area contributed by atoms with Gasteiger partial charge in [-0.15, -0.1) is 0 Å². The van der Waals surface area contributed by atoms with Crippen LogP contribution in [0.15, 0.2) is 78.9 Å². The maximum atomic E-state index is 12.4. The second-order valence-electron chi connectivity index (χ2n) is 7.32. The average Bonchev–Trinajstić information content (AvgIpc) is 2.78. The van der Waals surface area contributed by atoms with Gasteiger partial charge in [0, 0.05) is 30.9 Å². The van der Waals surface area contributed by atoms with Crippen molar-refractivity contribution in [3.05, 3.63) is 90.0 Å². The molecule has 148 valence electrons. The minimum Gasteiger partial charge on any atom is -0.489 e. The van der Waals surface area contributed by atoms with E-state index in [0.29, 0.717) is 13.0 Å². The summed E-state index contributed by atoms with van der Waals surface area (Å²) in [7, 11) is 0. The number of amides is 1. The number of ether oxygens (including phenoxy) is 1. The van der Waals surface area contributed by atoms with E-state index in [4.69, 9.17) is 4.74 Å². The van der Waals surface area contributed by atoms with E-state index in [1.165, 1.54) is 11.3 Å². The lowest BCUT2D eigenvalue weighted by molar-refractivity contribution is -0.116. The van der Waals surface area contributed by atoms with Crippen molar-refractivity contribution in [3.63, 3.8) is 0 Å². The minimum atomic E-state index is 0.0333. The van der Waals surface area contributed by atoms with Gasteiger partial charge in [-0.1, -0.05) is 48.5 Å². The molecule has 1 heterocycles. The van der Waals surface area contributed by atoms with E-state index >= 15 is 0 Å². The highest BCUT2D eigenvalue weighted by molar-refractivity contribution is 5.91. The van der Waals surface area contributed by atoms with E-state index in [0.717, 1.165) is 42.9 Å². The van der Waals surface area contributed by atoms with Crippen molar-refractivity contribution in [1.82, 2.24) is 0 Å². The van der Waals surface area contributed by atoms with Crippen LogP contribution in [0.3, 0.4) is 0 Å². The number of benzene rings is 3. The van der Waals surface area contributed by atoms with E-state index in [1.807, 2.05) is 54.6 Å². The fourth-order valence-electron chi connectivity index (χ4n) is 3.68. The zero-order valence-electron chi connectivity index (χ0n) is 16.5. The summed E-state index contributed by atoms with van der Waals surface area (Å²) < 4.78 is 5.79. The molecule has 0 saturated carbocycles. The van der Waals surface area contributed by atoms with E-state index in [-0.39, 0.29) is 5.91 Å². The lowest BCUT2D eigenvalue weighted by atomic mass is 10.0. The molecule has 0 radical (unpaired) electrons. The minimum absolute atomic E-state index is 0.0333. The summed E-state index contributed by atoms with van der Waals surface area (Å²) in [5.41, 5.74) is 4.57. The summed E-state index contributed by atoms with van der Waals surface area (Å²) in [6.45, 7) is 2.28. The van der Waals surface area contributed by atoms with Crippen molar-refractivity contribution in [2.24, 2.45) is 0 Å². The molecule has 0 aromatic heterocycles. The third-order valence-corrected chi connectivity index (χ3v) is 5.20. The van der Waals surface area contributed by atoms with Crippen molar-refractivity contribution < 1.29 is 9.53 Å². The first-order valence-electron chi connectivity index (χ1n) is 10.2. The smallest absolute Gasteiger partial charge is 0.226 e.